The number of rotatable bonds is 6. The molecule has 0 radical (unpaired) electrons. The van der Waals surface area contributed by atoms with Crippen LogP contribution in [0.4, 0.5) is 0 Å². The lowest BCUT2D eigenvalue weighted by Gasteiger charge is -2.23. The summed E-state index contributed by atoms with van der Waals surface area (Å²) in [5, 5.41) is 19.3. The van der Waals surface area contributed by atoms with Crippen molar-refractivity contribution in [2.45, 2.75) is 109 Å². The molecule has 2 aromatic rings. The van der Waals surface area contributed by atoms with Gasteiger partial charge in [0.1, 0.15) is 4.88 Å². The van der Waals surface area contributed by atoms with E-state index in [2.05, 4.69) is 45.9 Å². The second kappa shape index (κ2) is 10.8. The average molecular weight is 528 g/mol. The van der Waals surface area contributed by atoms with Gasteiger partial charge in [0.25, 0.3) is 5.69 Å². The SMILES string of the molecule is CC(C)(C)c1cc(-c2sc(C(N)=O)[n+](O)c2CC2CCCCC2)cc(C2(C)CC2)c1.O=C(O)C1CCC1. The molecule has 202 valence electrons. The number of aliphatic carboxylic acids is 1. The van der Waals surface area contributed by atoms with Crippen LogP contribution >= 0.6 is 11.3 Å². The molecule has 6 nitrogen and oxygen atoms in total. The van der Waals surface area contributed by atoms with Crippen LogP contribution < -0.4 is 10.5 Å². The van der Waals surface area contributed by atoms with Crippen LogP contribution in [0.1, 0.15) is 119 Å². The molecule has 1 heterocycles. The van der Waals surface area contributed by atoms with Gasteiger partial charge in [-0.25, -0.2) is 0 Å². The van der Waals surface area contributed by atoms with Crippen molar-refractivity contribution >= 4 is 23.2 Å². The van der Waals surface area contributed by atoms with Crippen molar-refractivity contribution < 1.29 is 24.6 Å². The van der Waals surface area contributed by atoms with E-state index in [1.54, 1.807) is 0 Å². The monoisotopic (exact) mass is 527 g/mol. The minimum Gasteiger partial charge on any atom is -0.481 e. The first-order valence-electron chi connectivity index (χ1n) is 13.8. The van der Waals surface area contributed by atoms with E-state index in [4.69, 9.17) is 10.8 Å². The smallest absolute Gasteiger partial charge is 0.377 e. The Kier molecular flexibility index (Phi) is 8.03. The van der Waals surface area contributed by atoms with Gasteiger partial charge in [-0.2, -0.15) is 0 Å². The number of amides is 1. The first kappa shape index (κ1) is 27.6. The lowest BCUT2D eigenvalue weighted by atomic mass is 9.82. The van der Waals surface area contributed by atoms with E-state index in [-0.39, 0.29) is 21.8 Å². The van der Waals surface area contributed by atoms with E-state index in [9.17, 15) is 14.8 Å². The third kappa shape index (κ3) is 6.36. The molecule has 0 spiro atoms. The van der Waals surface area contributed by atoms with Crippen LogP contribution in [0.15, 0.2) is 18.2 Å². The highest BCUT2D eigenvalue weighted by Crippen LogP contribution is 2.49. The molecule has 3 saturated carbocycles. The van der Waals surface area contributed by atoms with Crippen molar-refractivity contribution in [1.29, 1.82) is 0 Å². The average Bonchev–Trinajstić information content (AvgIpc) is 3.47. The number of carbonyl (C=O) groups is 2. The summed E-state index contributed by atoms with van der Waals surface area (Å²) >= 11 is 1.33. The van der Waals surface area contributed by atoms with E-state index in [0.717, 1.165) is 46.5 Å². The molecule has 7 heteroatoms. The van der Waals surface area contributed by atoms with Gasteiger partial charge in [0.2, 0.25) is 0 Å². The van der Waals surface area contributed by atoms with E-state index >= 15 is 0 Å². The summed E-state index contributed by atoms with van der Waals surface area (Å²) < 4.78 is 1.08. The highest BCUT2D eigenvalue weighted by molar-refractivity contribution is 7.16. The molecule has 37 heavy (non-hydrogen) atoms. The molecule has 5 rings (SSSR count). The maximum Gasteiger partial charge on any atom is 0.377 e. The third-order valence-corrected chi connectivity index (χ3v) is 9.78. The number of benzene rings is 1. The predicted octanol–water partition coefficient (Wildman–Crippen LogP) is 6.38. The van der Waals surface area contributed by atoms with Crippen LogP contribution in [-0.4, -0.2) is 22.2 Å². The second-order valence-electron chi connectivity index (χ2n) is 12.6. The summed E-state index contributed by atoms with van der Waals surface area (Å²) in [6, 6.07) is 6.88. The molecule has 0 atom stereocenters. The Labute approximate surface area is 224 Å². The number of carboxylic acids is 1. The Morgan fingerprint density at radius 1 is 1.05 bits per heavy atom. The standard InChI is InChI=1S/C25H34N2O2S.C5H8O2/c1-24(2,3)18-13-17(14-19(15-18)25(4)10-11-25)21-20(12-16-8-6-5-7-9-16)27(29)23(30-21)22(26)28;6-5(7)4-2-1-3-4/h13-16H,5-12H2,1-4H3,(H2-,26,28,29);4H,1-3H2,(H,6,7)/p+1. The van der Waals surface area contributed by atoms with Crippen molar-refractivity contribution in [2.75, 3.05) is 0 Å². The fraction of sp³-hybridized carbons (Fsp3) is 0.633. The molecule has 1 aromatic carbocycles. The number of carboxylic acid groups (broad SMARTS) is 1. The molecule has 1 amide bonds. The van der Waals surface area contributed by atoms with Crippen LogP contribution in [-0.2, 0) is 22.0 Å². The van der Waals surface area contributed by atoms with Crippen molar-refractivity contribution in [3.05, 3.63) is 40.0 Å². The number of hydrogen-bond acceptors (Lipinski definition) is 4. The normalized spacial score (nSPS) is 19.5. The Bertz CT molecular complexity index is 1130. The minimum absolute atomic E-state index is 0.000000000000000444. The van der Waals surface area contributed by atoms with Crippen molar-refractivity contribution in [3.63, 3.8) is 0 Å². The van der Waals surface area contributed by atoms with Gasteiger partial charge in [-0.15, -0.1) is 0 Å². The molecule has 0 bridgehead atoms. The van der Waals surface area contributed by atoms with Crippen LogP contribution in [0.25, 0.3) is 10.4 Å². The first-order valence-corrected chi connectivity index (χ1v) is 14.7. The van der Waals surface area contributed by atoms with Crippen molar-refractivity contribution in [1.82, 2.24) is 0 Å². The van der Waals surface area contributed by atoms with E-state index in [0.29, 0.717) is 5.92 Å². The Balaban J connectivity index is 0.000000396. The van der Waals surface area contributed by atoms with Gasteiger partial charge in [-0.3, -0.25) is 14.8 Å². The Hall–Kier alpha value is -2.41. The van der Waals surface area contributed by atoms with Gasteiger partial charge in [0, 0.05) is 11.2 Å². The van der Waals surface area contributed by atoms with Crippen LogP contribution in [0.5, 0.6) is 0 Å². The van der Waals surface area contributed by atoms with Gasteiger partial charge < -0.3 is 10.8 Å². The molecule has 3 aliphatic carbocycles. The minimum atomic E-state index is -0.619. The quantitative estimate of drug-likeness (QED) is 0.299. The fourth-order valence-electron chi connectivity index (χ4n) is 5.31. The van der Waals surface area contributed by atoms with E-state index in [1.165, 1.54) is 67.4 Å². The maximum atomic E-state index is 12.0. The van der Waals surface area contributed by atoms with Gasteiger partial charge in [0.05, 0.1) is 5.92 Å². The van der Waals surface area contributed by atoms with Gasteiger partial charge in [-0.1, -0.05) is 70.8 Å². The lowest BCUT2D eigenvalue weighted by molar-refractivity contribution is -0.907. The van der Waals surface area contributed by atoms with Crippen LogP contribution in [0.3, 0.4) is 0 Å². The number of primary amides is 1. The number of aromatic nitrogens is 1. The zero-order valence-electron chi connectivity index (χ0n) is 22.8. The number of nitrogens with two attached hydrogens (primary N) is 1. The molecule has 4 N–H and O–H groups in total. The summed E-state index contributed by atoms with van der Waals surface area (Å²) in [5.74, 6) is -0.635. The van der Waals surface area contributed by atoms with Crippen LogP contribution in [0, 0.1) is 11.8 Å². The number of nitrogens with zero attached hydrogens (tertiary/aromatic N) is 1. The molecule has 0 aliphatic heterocycles. The summed E-state index contributed by atoms with van der Waals surface area (Å²) in [7, 11) is 0. The van der Waals surface area contributed by atoms with Crippen LogP contribution in [0.2, 0.25) is 0 Å². The lowest BCUT2D eigenvalue weighted by Crippen LogP contribution is -2.41. The Morgan fingerprint density at radius 3 is 2.16 bits per heavy atom. The highest BCUT2D eigenvalue weighted by atomic mass is 32.1. The third-order valence-electron chi connectivity index (χ3n) is 8.54. The molecule has 0 saturated heterocycles. The molecule has 3 aliphatic rings. The topological polar surface area (TPSA) is 105 Å². The Morgan fingerprint density at radius 2 is 1.70 bits per heavy atom. The molecular formula is C30H43N2O4S+. The molecule has 1 aromatic heterocycles. The molecular weight excluding hydrogens is 484 g/mol. The number of thiazole rings is 1. The molecule has 3 fully saturated rings. The summed E-state index contributed by atoms with van der Waals surface area (Å²) in [6.45, 7) is 9.05. The molecule has 0 unspecified atom stereocenters. The number of hydrogen-bond donors (Lipinski definition) is 3. The predicted molar refractivity (Wildman–Crippen MR) is 146 cm³/mol. The second-order valence-corrected chi connectivity index (χ2v) is 13.6. The van der Waals surface area contributed by atoms with E-state index < -0.39 is 11.9 Å². The van der Waals surface area contributed by atoms with Crippen molar-refractivity contribution in [2.24, 2.45) is 17.6 Å². The zero-order valence-corrected chi connectivity index (χ0v) is 23.6. The number of carbonyl (C=O) groups excluding carboxylic acids is 1. The largest absolute Gasteiger partial charge is 0.481 e. The summed E-state index contributed by atoms with van der Waals surface area (Å²) in [5.41, 5.74) is 10.5. The summed E-state index contributed by atoms with van der Waals surface area (Å²) in [4.78, 5) is 23.0. The fourth-order valence-corrected chi connectivity index (χ4v) is 6.33. The van der Waals surface area contributed by atoms with Gasteiger partial charge in [0.15, 0.2) is 0 Å². The first-order chi connectivity index (χ1) is 17.4. The maximum absolute atomic E-state index is 12.0. The van der Waals surface area contributed by atoms with Crippen molar-refractivity contribution in [3.8, 4) is 10.4 Å². The van der Waals surface area contributed by atoms with E-state index in [1.807, 2.05) is 0 Å². The highest BCUT2D eigenvalue weighted by Gasteiger charge is 2.41. The van der Waals surface area contributed by atoms with Gasteiger partial charge >= 0.3 is 16.9 Å². The summed E-state index contributed by atoms with van der Waals surface area (Å²) in [6.07, 6.45) is 12.3. The zero-order chi connectivity index (χ0) is 27.0. The van der Waals surface area contributed by atoms with Gasteiger partial charge in [-0.05, 0) is 84.1 Å².